The van der Waals surface area contributed by atoms with Crippen molar-refractivity contribution in [3.8, 4) is 0 Å². The molecule has 2 rings (SSSR count). The van der Waals surface area contributed by atoms with Crippen molar-refractivity contribution in [3.05, 3.63) is 35.4 Å². The zero-order valence-corrected chi connectivity index (χ0v) is 12.7. The molecular formula is C14H17F3N2O2S. The van der Waals surface area contributed by atoms with Crippen LogP contribution in [0.3, 0.4) is 0 Å². The van der Waals surface area contributed by atoms with Crippen molar-refractivity contribution in [2.24, 2.45) is 0 Å². The SMILES string of the molecule is O=C(NOCc1ccc(C(F)(F)F)cc1)N1CCCSCC1. The Morgan fingerprint density at radius 1 is 1.23 bits per heavy atom. The van der Waals surface area contributed by atoms with Crippen LogP contribution in [0, 0.1) is 0 Å². The van der Waals surface area contributed by atoms with E-state index in [-0.39, 0.29) is 12.6 Å². The summed E-state index contributed by atoms with van der Waals surface area (Å²) < 4.78 is 37.3. The van der Waals surface area contributed by atoms with Crippen LogP contribution in [0.4, 0.5) is 18.0 Å². The number of thioether (sulfide) groups is 1. The number of carbonyl (C=O) groups excluding carboxylic acids is 1. The second kappa shape index (κ2) is 7.73. The number of rotatable bonds is 3. The smallest absolute Gasteiger partial charge is 0.322 e. The van der Waals surface area contributed by atoms with Crippen molar-refractivity contribution in [3.63, 3.8) is 0 Å². The number of halogens is 3. The van der Waals surface area contributed by atoms with Crippen molar-refractivity contribution in [2.75, 3.05) is 24.6 Å². The van der Waals surface area contributed by atoms with Gasteiger partial charge in [0, 0.05) is 18.8 Å². The Bertz CT molecular complexity index is 486. The fourth-order valence-corrected chi connectivity index (χ4v) is 2.87. The fraction of sp³-hybridized carbons (Fsp3) is 0.500. The van der Waals surface area contributed by atoms with Crippen molar-refractivity contribution >= 4 is 17.8 Å². The molecule has 0 atom stereocenters. The highest BCUT2D eigenvalue weighted by molar-refractivity contribution is 7.99. The van der Waals surface area contributed by atoms with Crippen molar-refractivity contribution in [1.29, 1.82) is 0 Å². The maximum atomic E-state index is 12.4. The predicted octanol–water partition coefficient (Wildman–Crippen LogP) is 3.29. The Morgan fingerprint density at radius 3 is 2.64 bits per heavy atom. The summed E-state index contributed by atoms with van der Waals surface area (Å²) in [6.07, 6.45) is -3.41. The monoisotopic (exact) mass is 334 g/mol. The van der Waals surface area contributed by atoms with Gasteiger partial charge in [0.05, 0.1) is 12.2 Å². The molecular weight excluding hydrogens is 317 g/mol. The van der Waals surface area contributed by atoms with E-state index in [4.69, 9.17) is 4.84 Å². The normalized spacial score (nSPS) is 16.2. The van der Waals surface area contributed by atoms with E-state index in [0.717, 1.165) is 30.1 Å². The lowest BCUT2D eigenvalue weighted by Gasteiger charge is -2.20. The summed E-state index contributed by atoms with van der Waals surface area (Å²) in [6, 6.07) is 4.34. The predicted molar refractivity (Wildman–Crippen MR) is 78.3 cm³/mol. The van der Waals surface area contributed by atoms with Crippen molar-refractivity contribution < 1.29 is 22.8 Å². The molecule has 1 saturated heterocycles. The molecule has 122 valence electrons. The van der Waals surface area contributed by atoms with E-state index in [1.54, 1.807) is 16.7 Å². The largest absolute Gasteiger partial charge is 0.416 e. The Hall–Kier alpha value is -1.41. The van der Waals surface area contributed by atoms with Gasteiger partial charge in [0.2, 0.25) is 0 Å². The quantitative estimate of drug-likeness (QED) is 0.863. The fourth-order valence-electron chi connectivity index (χ4n) is 1.98. The third-order valence-electron chi connectivity index (χ3n) is 3.19. The number of hydrogen-bond donors (Lipinski definition) is 1. The van der Waals surface area contributed by atoms with Gasteiger partial charge in [0.1, 0.15) is 0 Å². The van der Waals surface area contributed by atoms with E-state index in [1.165, 1.54) is 12.1 Å². The van der Waals surface area contributed by atoms with Crippen LogP contribution >= 0.6 is 11.8 Å². The average molecular weight is 334 g/mol. The number of alkyl halides is 3. The summed E-state index contributed by atoms with van der Waals surface area (Å²) in [7, 11) is 0. The molecule has 0 unspecified atom stereocenters. The molecule has 1 aromatic rings. The van der Waals surface area contributed by atoms with Crippen LogP contribution in [-0.4, -0.2) is 35.5 Å². The number of nitrogens with zero attached hydrogens (tertiary/aromatic N) is 1. The molecule has 1 aliphatic rings. The first-order valence-electron chi connectivity index (χ1n) is 6.87. The number of urea groups is 1. The highest BCUT2D eigenvalue weighted by Crippen LogP contribution is 2.29. The van der Waals surface area contributed by atoms with E-state index < -0.39 is 11.7 Å². The van der Waals surface area contributed by atoms with E-state index in [0.29, 0.717) is 18.7 Å². The molecule has 0 spiro atoms. The first-order valence-corrected chi connectivity index (χ1v) is 8.03. The maximum Gasteiger partial charge on any atom is 0.416 e. The number of nitrogens with one attached hydrogen (secondary N) is 1. The highest BCUT2D eigenvalue weighted by Gasteiger charge is 2.29. The Morgan fingerprint density at radius 2 is 1.95 bits per heavy atom. The van der Waals surface area contributed by atoms with E-state index in [1.807, 2.05) is 0 Å². The lowest BCUT2D eigenvalue weighted by atomic mass is 10.1. The number of hydroxylamine groups is 1. The minimum atomic E-state index is -4.35. The standard InChI is InChI=1S/C14H17F3N2O2S/c15-14(16,17)12-4-2-11(3-5-12)10-21-18-13(20)19-6-1-8-22-9-7-19/h2-5H,1,6-10H2,(H,18,20). The lowest BCUT2D eigenvalue weighted by molar-refractivity contribution is -0.137. The Labute approximate surface area is 131 Å². The van der Waals surface area contributed by atoms with Crippen LogP contribution in [0.25, 0.3) is 0 Å². The molecule has 0 radical (unpaired) electrons. The second-order valence-electron chi connectivity index (χ2n) is 4.84. The molecule has 1 aliphatic heterocycles. The number of carbonyl (C=O) groups is 1. The second-order valence-corrected chi connectivity index (χ2v) is 6.07. The molecule has 4 nitrogen and oxygen atoms in total. The molecule has 22 heavy (non-hydrogen) atoms. The Balaban J connectivity index is 1.77. The van der Waals surface area contributed by atoms with Gasteiger partial charge in [-0.1, -0.05) is 12.1 Å². The molecule has 1 heterocycles. The van der Waals surface area contributed by atoms with E-state index in [9.17, 15) is 18.0 Å². The number of hydrogen-bond acceptors (Lipinski definition) is 3. The number of benzene rings is 1. The molecule has 0 aliphatic carbocycles. The van der Waals surface area contributed by atoms with Gasteiger partial charge in [0.25, 0.3) is 0 Å². The van der Waals surface area contributed by atoms with Crippen molar-refractivity contribution in [2.45, 2.75) is 19.2 Å². The minimum Gasteiger partial charge on any atom is -0.322 e. The van der Waals surface area contributed by atoms with Crippen LogP contribution in [0.15, 0.2) is 24.3 Å². The van der Waals surface area contributed by atoms with E-state index >= 15 is 0 Å². The summed E-state index contributed by atoms with van der Waals surface area (Å²) in [6.45, 7) is 1.37. The maximum absolute atomic E-state index is 12.4. The lowest BCUT2D eigenvalue weighted by Crippen LogP contribution is -2.41. The van der Waals surface area contributed by atoms with Gasteiger partial charge < -0.3 is 4.90 Å². The molecule has 0 bridgehead atoms. The van der Waals surface area contributed by atoms with Gasteiger partial charge in [-0.3, -0.25) is 4.84 Å². The third kappa shape index (κ3) is 5.10. The van der Waals surface area contributed by atoms with Gasteiger partial charge in [-0.15, -0.1) is 0 Å². The van der Waals surface area contributed by atoms with Crippen LogP contribution in [0.1, 0.15) is 17.5 Å². The molecule has 0 saturated carbocycles. The summed E-state index contributed by atoms with van der Waals surface area (Å²) >= 11 is 1.81. The average Bonchev–Trinajstić information content (AvgIpc) is 2.76. The van der Waals surface area contributed by atoms with Gasteiger partial charge in [-0.25, -0.2) is 10.3 Å². The van der Waals surface area contributed by atoms with Crippen LogP contribution < -0.4 is 5.48 Å². The van der Waals surface area contributed by atoms with Gasteiger partial charge in [-0.2, -0.15) is 24.9 Å². The van der Waals surface area contributed by atoms with Gasteiger partial charge in [-0.05, 0) is 29.9 Å². The molecule has 1 aromatic carbocycles. The van der Waals surface area contributed by atoms with Crippen LogP contribution in [0.2, 0.25) is 0 Å². The van der Waals surface area contributed by atoms with Crippen LogP contribution in [-0.2, 0) is 17.6 Å². The summed E-state index contributed by atoms with van der Waals surface area (Å²) in [5, 5.41) is 0. The zero-order chi connectivity index (χ0) is 16.0. The summed E-state index contributed by atoms with van der Waals surface area (Å²) in [5.74, 6) is 1.93. The third-order valence-corrected chi connectivity index (χ3v) is 4.24. The molecule has 8 heteroatoms. The molecule has 1 fully saturated rings. The summed E-state index contributed by atoms with van der Waals surface area (Å²) in [4.78, 5) is 18.6. The highest BCUT2D eigenvalue weighted by atomic mass is 32.2. The van der Waals surface area contributed by atoms with Gasteiger partial charge in [0.15, 0.2) is 0 Å². The van der Waals surface area contributed by atoms with Gasteiger partial charge >= 0.3 is 12.2 Å². The first-order chi connectivity index (χ1) is 10.5. The Kier molecular flexibility index (Phi) is 5.96. The summed E-state index contributed by atoms with van der Waals surface area (Å²) in [5.41, 5.74) is 2.18. The van der Waals surface area contributed by atoms with Crippen LogP contribution in [0.5, 0.6) is 0 Å². The number of amides is 2. The first kappa shape index (κ1) is 17.0. The topological polar surface area (TPSA) is 41.6 Å². The minimum absolute atomic E-state index is 0.0203. The van der Waals surface area contributed by atoms with E-state index in [2.05, 4.69) is 5.48 Å². The molecule has 0 aromatic heterocycles. The van der Waals surface area contributed by atoms with Crippen molar-refractivity contribution in [1.82, 2.24) is 10.4 Å². The molecule has 2 amide bonds. The zero-order valence-electron chi connectivity index (χ0n) is 11.9. The molecule has 1 N–H and O–H groups in total.